The number of amides is 3. The zero-order chi connectivity index (χ0) is 17.5. The lowest BCUT2D eigenvalue weighted by Gasteiger charge is -2.11. The summed E-state index contributed by atoms with van der Waals surface area (Å²) in [5, 5.41) is 4.35. The summed E-state index contributed by atoms with van der Waals surface area (Å²) in [6.45, 7) is 1.27. The molecule has 0 radical (unpaired) electrons. The third kappa shape index (κ3) is 6.92. The van der Waals surface area contributed by atoms with Crippen LogP contribution in [-0.4, -0.2) is 35.8 Å². The number of ether oxygens (including phenoxy) is 1. The Labute approximate surface area is 153 Å². The molecule has 130 valence electrons. The molecule has 2 rings (SSSR count). The van der Waals surface area contributed by atoms with Crippen LogP contribution >= 0.6 is 27.7 Å². The molecule has 0 unspecified atom stereocenters. The molecule has 1 aliphatic carbocycles. The normalized spacial score (nSPS) is 14.6. The van der Waals surface area contributed by atoms with Crippen LogP contribution in [0.15, 0.2) is 28.7 Å². The van der Waals surface area contributed by atoms with Crippen LogP contribution in [-0.2, 0) is 20.1 Å². The Morgan fingerprint density at radius 1 is 1.29 bits per heavy atom. The molecule has 3 amide bonds. The standard InChI is InChI=1S/C16H19BrN2O4S/c1-10(24-9-11-2-4-12(17)5-3-11)15(21)23-8-14(20)19-16(22)18-13-6-7-13/h2-5,10,13H,6-9H2,1H3,(H2,18,19,20,22)/t10-/m0/s1. The summed E-state index contributed by atoms with van der Waals surface area (Å²) >= 11 is 4.79. The van der Waals surface area contributed by atoms with E-state index in [9.17, 15) is 14.4 Å². The quantitative estimate of drug-likeness (QED) is 0.669. The molecule has 1 aromatic carbocycles. The van der Waals surface area contributed by atoms with Gasteiger partial charge in [0, 0.05) is 16.3 Å². The number of hydrogen-bond donors (Lipinski definition) is 2. The number of thioether (sulfide) groups is 1. The summed E-state index contributed by atoms with van der Waals surface area (Å²) in [5.41, 5.74) is 1.09. The van der Waals surface area contributed by atoms with E-state index in [4.69, 9.17) is 4.74 Å². The molecule has 1 atom stereocenters. The summed E-state index contributed by atoms with van der Waals surface area (Å²) in [5.74, 6) is -0.444. The number of carbonyl (C=O) groups excluding carboxylic acids is 3. The third-order valence-electron chi connectivity index (χ3n) is 3.26. The van der Waals surface area contributed by atoms with E-state index in [-0.39, 0.29) is 6.04 Å². The molecule has 1 saturated carbocycles. The number of nitrogens with one attached hydrogen (secondary N) is 2. The molecular weight excluding hydrogens is 396 g/mol. The van der Waals surface area contributed by atoms with Gasteiger partial charge in [0.2, 0.25) is 0 Å². The van der Waals surface area contributed by atoms with Crippen molar-refractivity contribution < 1.29 is 19.1 Å². The zero-order valence-corrected chi connectivity index (χ0v) is 15.6. The first-order chi connectivity index (χ1) is 11.4. The van der Waals surface area contributed by atoms with Crippen molar-refractivity contribution in [1.29, 1.82) is 0 Å². The van der Waals surface area contributed by atoms with Gasteiger partial charge in [0.1, 0.15) is 0 Å². The van der Waals surface area contributed by atoms with E-state index >= 15 is 0 Å². The van der Waals surface area contributed by atoms with Gasteiger partial charge >= 0.3 is 12.0 Å². The van der Waals surface area contributed by atoms with Gasteiger partial charge in [-0.15, -0.1) is 11.8 Å². The highest BCUT2D eigenvalue weighted by atomic mass is 79.9. The van der Waals surface area contributed by atoms with Crippen LogP contribution in [0.2, 0.25) is 0 Å². The van der Waals surface area contributed by atoms with E-state index < -0.39 is 29.8 Å². The average Bonchev–Trinajstić information content (AvgIpc) is 3.35. The predicted octanol–water partition coefficient (Wildman–Crippen LogP) is 2.60. The molecule has 1 aromatic rings. The minimum atomic E-state index is -0.633. The fourth-order valence-corrected chi connectivity index (χ4v) is 2.84. The van der Waals surface area contributed by atoms with Crippen LogP contribution in [0.25, 0.3) is 0 Å². The molecule has 0 saturated heterocycles. The maximum absolute atomic E-state index is 11.9. The Balaban J connectivity index is 1.64. The van der Waals surface area contributed by atoms with Crippen LogP contribution in [0.5, 0.6) is 0 Å². The van der Waals surface area contributed by atoms with Crippen LogP contribution in [0.1, 0.15) is 25.3 Å². The minimum absolute atomic E-state index is 0.162. The second kappa shape index (κ2) is 9.08. The smallest absolute Gasteiger partial charge is 0.321 e. The Bertz CT molecular complexity index is 605. The van der Waals surface area contributed by atoms with Crippen molar-refractivity contribution >= 4 is 45.6 Å². The van der Waals surface area contributed by atoms with Crippen molar-refractivity contribution in [3.63, 3.8) is 0 Å². The van der Waals surface area contributed by atoms with Crippen LogP contribution in [0.3, 0.4) is 0 Å². The maximum Gasteiger partial charge on any atom is 0.321 e. The lowest BCUT2D eigenvalue weighted by atomic mass is 10.2. The Morgan fingerprint density at radius 2 is 1.96 bits per heavy atom. The van der Waals surface area contributed by atoms with Crippen molar-refractivity contribution in [2.75, 3.05) is 6.61 Å². The minimum Gasteiger partial charge on any atom is -0.455 e. The highest BCUT2D eigenvalue weighted by molar-refractivity contribution is 9.10. The summed E-state index contributed by atoms with van der Waals surface area (Å²) in [7, 11) is 0. The lowest BCUT2D eigenvalue weighted by Crippen LogP contribution is -2.42. The van der Waals surface area contributed by atoms with Crippen molar-refractivity contribution in [3.8, 4) is 0 Å². The molecule has 0 spiro atoms. The number of carbonyl (C=O) groups is 3. The molecule has 6 nitrogen and oxygen atoms in total. The number of hydrogen-bond acceptors (Lipinski definition) is 5. The summed E-state index contributed by atoms with van der Waals surface area (Å²) in [4.78, 5) is 34.8. The summed E-state index contributed by atoms with van der Waals surface area (Å²) in [6.07, 6.45) is 1.87. The van der Waals surface area contributed by atoms with Gasteiger partial charge in [-0.1, -0.05) is 28.1 Å². The van der Waals surface area contributed by atoms with Crippen molar-refractivity contribution in [2.45, 2.75) is 36.8 Å². The number of benzene rings is 1. The number of esters is 1. The fraction of sp³-hybridized carbons (Fsp3) is 0.438. The SMILES string of the molecule is C[C@H](SCc1ccc(Br)cc1)C(=O)OCC(=O)NC(=O)NC1CC1. The second-order valence-corrected chi connectivity index (χ2v) is 7.73. The van der Waals surface area contributed by atoms with Crippen molar-refractivity contribution in [2.24, 2.45) is 0 Å². The Kier molecular flexibility index (Phi) is 7.11. The predicted molar refractivity (Wildman–Crippen MR) is 95.6 cm³/mol. The van der Waals surface area contributed by atoms with Crippen molar-refractivity contribution in [1.82, 2.24) is 10.6 Å². The molecule has 0 bridgehead atoms. The monoisotopic (exact) mass is 414 g/mol. The second-order valence-electron chi connectivity index (χ2n) is 5.48. The van der Waals surface area contributed by atoms with E-state index in [1.165, 1.54) is 11.8 Å². The first-order valence-corrected chi connectivity index (χ1v) is 9.41. The van der Waals surface area contributed by atoms with E-state index in [0.29, 0.717) is 5.75 Å². The molecule has 1 fully saturated rings. The molecular formula is C16H19BrN2O4S. The number of imide groups is 1. The van der Waals surface area contributed by atoms with Crippen molar-refractivity contribution in [3.05, 3.63) is 34.3 Å². The largest absolute Gasteiger partial charge is 0.455 e. The zero-order valence-electron chi connectivity index (χ0n) is 13.2. The van der Waals surface area contributed by atoms with E-state index in [1.54, 1.807) is 6.92 Å². The number of rotatable bonds is 7. The summed E-state index contributed by atoms with van der Waals surface area (Å²) in [6, 6.07) is 7.44. The van der Waals surface area contributed by atoms with Crippen LogP contribution < -0.4 is 10.6 Å². The van der Waals surface area contributed by atoms with Gasteiger partial charge in [-0.2, -0.15) is 0 Å². The van der Waals surface area contributed by atoms with Gasteiger partial charge in [-0.3, -0.25) is 14.9 Å². The molecule has 1 aliphatic rings. The van der Waals surface area contributed by atoms with Gasteiger partial charge in [0.15, 0.2) is 6.61 Å². The fourth-order valence-electron chi connectivity index (χ4n) is 1.74. The molecule has 0 aromatic heterocycles. The number of halogens is 1. The van der Waals surface area contributed by atoms with Gasteiger partial charge in [0.05, 0.1) is 5.25 Å². The molecule has 0 aliphatic heterocycles. The van der Waals surface area contributed by atoms with E-state index in [2.05, 4.69) is 26.6 Å². The third-order valence-corrected chi connectivity index (χ3v) is 4.98. The Morgan fingerprint density at radius 3 is 2.58 bits per heavy atom. The highest BCUT2D eigenvalue weighted by Crippen LogP contribution is 2.20. The highest BCUT2D eigenvalue weighted by Gasteiger charge is 2.24. The number of urea groups is 1. The van der Waals surface area contributed by atoms with Gasteiger partial charge < -0.3 is 10.1 Å². The molecule has 0 heterocycles. The lowest BCUT2D eigenvalue weighted by molar-refractivity contribution is -0.147. The van der Waals surface area contributed by atoms with Gasteiger partial charge in [-0.25, -0.2) is 4.79 Å². The molecule has 8 heteroatoms. The van der Waals surface area contributed by atoms with Crippen LogP contribution in [0.4, 0.5) is 4.79 Å². The van der Waals surface area contributed by atoms with Gasteiger partial charge in [-0.05, 0) is 37.5 Å². The molecule has 2 N–H and O–H groups in total. The first kappa shape index (κ1) is 18.8. The topological polar surface area (TPSA) is 84.5 Å². The average molecular weight is 415 g/mol. The first-order valence-electron chi connectivity index (χ1n) is 7.57. The van der Waals surface area contributed by atoms with Crippen LogP contribution in [0, 0.1) is 0 Å². The maximum atomic E-state index is 11.9. The molecule has 24 heavy (non-hydrogen) atoms. The summed E-state index contributed by atoms with van der Waals surface area (Å²) < 4.78 is 5.94. The van der Waals surface area contributed by atoms with E-state index in [0.717, 1.165) is 22.9 Å². The Hall–Kier alpha value is -1.54. The van der Waals surface area contributed by atoms with Gasteiger partial charge in [0.25, 0.3) is 5.91 Å². The van der Waals surface area contributed by atoms with E-state index in [1.807, 2.05) is 24.3 Å².